The van der Waals surface area contributed by atoms with Crippen LogP contribution < -0.4 is 21.9 Å². The second-order valence-electron chi connectivity index (χ2n) is 6.90. The monoisotopic (exact) mass is 468 g/mol. The van der Waals surface area contributed by atoms with Crippen molar-refractivity contribution in [1.82, 2.24) is 9.13 Å². The number of rotatable bonds is 5. The van der Waals surface area contributed by atoms with Crippen LogP contribution in [0.5, 0.6) is 0 Å². The van der Waals surface area contributed by atoms with Gasteiger partial charge in [-0.1, -0.05) is 23.7 Å². The summed E-state index contributed by atoms with van der Waals surface area (Å²) in [5, 5.41) is 7.30. The predicted molar refractivity (Wildman–Crippen MR) is 126 cm³/mol. The third kappa shape index (κ3) is 4.20. The van der Waals surface area contributed by atoms with Gasteiger partial charge in [0.05, 0.1) is 16.2 Å². The van der Waals surface area contributed by atoms with Crippen molar-refractivity contribution in [1.29, 1.82) is 0 Å². The van der Waals surface area contributed by atoms with Gasteiger partial charge in [-0.25, -0.2) is 9.36 Å². The number of nitrogens with zero attached hydrogens (tertiary/aromatic N) is 2. The number of aromatic nitrogens is 2. The number of nitrogens with one attached hydrogen (secondary N) is 2. The van der Waals surface area contributed by atoms with Gasteiger partial charge < -0.3 is 10.6 Å². The van der Waals surface area contributed by atoms with E-state index < -0.39 is 17.2 Å². The molecule has 162 valence electrons. The van der Waals surface area contributed by atoms with Gasteiger partial charge in [-0.05, 0) is 47.8 Å². The van der Waals surface area contributed by atoms with Gasteiger partial charge in [0.25, 0.3) is 5.56 Å². The number of halogens is 1. The topological polar surface area (TPSA) is 102 Å². The molecule has 2 N–H and O–H groups in total. The number of thiophene rings is 1. The Hall–Kier alpha value is -3.69. The van der Waals surface area contributed by atoms with Crippen molar-refractivity contribution in [3.05, 3.63) is 85.8 Å². The summed E-state index contributed by atoms with van der Waals surface area (Å²) in [5.41, 5.74) is 0.576. The minimum absolute atomic E-state index is 0.199. The van der Waals surface area contributed by atoms with Gasteiger partial charge in [-0.2, -0.15) is 0 Å². The van der Waals surface area contributed by atoms with E-state index in [1.54, 1.807) is 60.0 Å². The van der Waals surface area contributed by atoms with Gasteiger partial charge >= 0.3 is 5.69 Å². The van der Waals surface area contributed by atoms with Gasteiger partial charge in [0.15, 0.2) is 0 Å². The smallest absolute Gasteiger partial charge is 0.326 e. The Balaban J connectivity index is 1.69. The van der Waals surface area contributed by atoms with Gasteiger partial charge in [0, 0.05) is 18.3 Å². The van der Waals surface area contributed by atoms with Gasteiger partial charge in [0.1, 0.15) is 11.2 Å². The average Bonchev–Trinajstić information content (AvgIpc) is 3.24. The van der Waals surface area contributed by atoms with E-state index in [1.165, 1.54) is 22.8 Å². The summed E-state index contributed by atoms with van der Waals surface area (Å²) in [6, 6.07) is 14.7. The maximum Gasteiger partial charge on any atom is 0.336 e. The number of anilines is 2. The van der Waals surface area contributed by atoms with Crippen molar-refractivity contribution >= 4 is 56.3 Å². The van der Waals surface area contributed by atoms with E-state index in [9.17, 15) is 19.2 Å². The highest BCUT2D eigenvalue weighted by atomic mass is 35.5. The molecule has 10 heteroatoms. The largest absolute Gasteiger partial charge is 0.336 e. The lowest BCUT2D eigenvalue weighted by molar-refractivity contribution is -0.117. The Bertz CT molecular complexity index is 1450. The van der Waals surface area contributed by atoms with Gasteiger partial charge in [0.2, 0.25) is 11.8 Å². The van der Waals surface area contributed by atoms with Crippen molar-refractivity contribution < 1.29 is 9.59 Å². The Kier molecular flexibility index (Phi) is 5.93. The lowest BCUT2D eigenvalue weighted by Crippen LogP contribution is -2.40. The van der Waals surface area contributed by atoms with Crippen molar-refractivity contribution in [2.24, 2.45) is 0 Å². The number of carbonyl (C=O) groups is 2. The minimum Gasteiger partial charge on any atom is -0.326 e. The van der Waals surface area contributed by atoms with Crippen molar-refractivity contribution in [2.75, 3.05) is 10.6 Å². The SMILES string of the molecule is CC(=O)Nc1ccc(NC(=O)Cn2c(=O)n(-c3ccccc3Cl)c(=O)c3sccc32)cc1. The Labute approximate surface area is 190 Å². The highest BCUT2D eigenvalue weighted by Crippen LogP contribution is 2.20. The Morgan fingerprint density at radius 3 is 2.28 bits per heavy atom. The number of para-hydroxylation sites is 1. The molecule has 0 saturated heterocycles. The zero-order valence-corrected chi connectivity index (χ0v) is 18.4. The first-order valence-electron chi connectivity index (χ1n) is 9.50. The van der Waals surface area contributed by atoms with E-state index in [0.717, 1.165) is 4.57 Å². The maximum atomic E-state index is 13.2. The van der Waals surface area contributed by atoms with Gasteiger partial charge in [-0.15, -0.1) is 11.3 Å². The van der Waals surface area contributed by atoms with E-state index in [-0.39, 0.29) is 23.2 Å². The minimum atomic E-state index is -0.662. The Morgan fingerprint density at radius 2 is 1.62 bits per heavy atom. The number of amides is 2. The fraction of sp³-hybridized carbons (Fsp3) is 0.0909. The van der Waals surface area contributed by atoms with Gasteiger partial charge in [-0.3, -0.25) is 19.0 Å². The number of hydrogen-bond acceptors (Lipinski definition) is 5. The summed E-state index contributed by atoms with van der Waals surface area (Å²) in [6.45, 7) is 1.10. The molecule has 0 unspecified atom stereocenters. The predicted octanol–water partition coefficient (Wildman–Crippen LogP) is 3.46. The highest BCUT2D eigenvalue weighted by Gasteiger charge is 2.18. The zero-order chi connectivity index (χ0) is 22.8. The summed E-state index contributed by atoms with van der Waals surface area (Å²) in [4.78, 5) is 50.1. The summed E-state index contributed by atoms with van der Waals surface area (Å²) in [5.74, 6) is -0.647. The van der Waals surface area contributed by atoms with E-state index >= 15 is 0 Å². The molecule has 32 heavy (non-hydrogen) atoms. The van der Waals surface area contributed by atoms with E-state index in [1.807, 2.05) is 0 Å². The maximum absolute atomic E-state index is 13.2. The quantitative estimate of drug-likeness (QED) is 0.468. The molecule has 2 amide bonds. The van der Waals surface area contributed by atoms with Crippen molar-refractivity contribution in [3.63, 3.8) is 0 Å². The first-order chi connectivity index (χ1) is 15.3. The van der Waals surface area contributed by atoms with Crippen LogP contribution in [0.3, 0.4) is 0 Å². The molecule has 0 radical (unpaired) electrons. The van der Waals surface area contributed by atoms with Crippen LogP contribution in [0, 0.1) is 0 Å². The first-order valence-corrected chi connectivity index (χ1v) is 10.8. The first kappa shape index (κ1) is 21.5. The molecule has 4 rings (SSSR count). The number of hydrogen-bond donors (Lipinski definition) is 2. The molecule has 0 aliphatic rings. The molecule has 0 aliphatic heterocycles. The highest BCUT2D eigenvalue weighted by molar-refractivity contribution is 7.17. The lowest BCUT2D eigenvalue weighted by atomic mass is 10.2. The van der Waals surface area contributed by atoms with Crippen LogP contribution in [-0.2, 0) is 16.1 Å². The Morgan fingerprint density at radius 1 is 0.969 bits per heavy atom. The molecule has 0 fully saturated rings. The van der Waals surface area contributed by atoms with Crippen LogP contribution in [0.1, 0.15) is 6.92 Å². The van der Waals surface area contributed by atoms with E-state index in [4.69, 9.17) is 11.6 Å². The molecular formula is C22H17ClN4O4S. The molecular weight excluding hydrogens is 452 g/mol. The van der Waals surface area contributed by atoms with Crippen LogP contribution in [0.15, 0.2) is 69.6 Å². The molecule has 2 heterocycles. The summed E-state index contributed by atoms with van der Waals surface area (Å²) in [6.07, 6.45) is 0. The normalized spacial score (nSPS) is 10.8. The third-order valence-corrected chi connectivity index (χ3v) is 5.85. The second-order valence-corrected chi connectivity index (χ2v) is 8.23. The van der Waals surface area contributed by atoms with E-state index in [2.05, 4.69) is 10.6 Å². The lowest BCUT2D eigenvalue weighted by Gasteiger charge is -2.13. The van der Waals surface area contributed by atoms with Crippen LogP contribution in [0.2, 0.25) is 5.02 Å². The number of benzene rings is 2. The number of carbonyl (C=O) groups excluding carboxylic acids is 2. The molecule has 4 aromatic rings. The average molecular weight is 469 g/mol. The fourth-order valence-corrected chi connectivity index (χ4v) is 4.31. The molecule has 2 aromatic carbocycles. The van der Waals surface area contributed by atoms with Crippen LogP contribution in [0.4, 0.5) is 11.4 Å². The van der Waals surface area contributed by atoms with Crippen LogP contribution in [0.25, 0.3) is 15.9 Å². The summed E-state index contributed by atoms with van der Waals surface area (Å²) >= 11 is 7.41. The molecule has 0 atom stereocenters. The standard InChI is InChI=1S/C22H17ClN4O4S/c1-13(28)24-14-6-8-15(9-7-14)25-19(29)12-26-18-10-11-32-20(18)21(30)27(22(26)31)17-5-3-2-4-16(17)23/h2-11H,12H2,1H3,(H,24,28)(H,25,29). The fourth-order valence-electron chi connectivity index (χ4n) is 3.27. The summed E-state index contributed by atoms with van der Waals surface area (Å²) < 4.78 is 2.57. The van der Waals surface area contributed by atoms with Crippen molar-refractivity contribution in [2.45, 2.75) is 13.5 Å². The molecule has 8 nitrogen and oxygen atoms in total. The summed E-state index contributed by atoms with van der Waals surface area (Å²) in [7, 11) is 0. The number of fused-ring (bicyclic) bond motifs is 1. The van der Waals surface area contributed by atoms with Crippen LogP contribution in [-0.4, -0.2) is 20.9 Å². The molecule has 0 bridgehead atoms. The third-order valence-electron chi connectivity index (χ3n) is 4.64. The molecule has 2 aromatic heterocycles. The molecule has 0 aliphatic carbocycles. The van der Waals surface area contributed by atoms with Crippen molar-refractivity contribution in [3.8, 4) is 5.69 Å². The van der Waals surface area contributed by atoms with Crippen LogP contribution >= 0.6 is 22.9 Å². The molecule has 0 spiro atoms. The molecule has 0 saturated carbocycles. The van der Waals surface area contributed by atoms with E-state index in [0.29, 0.717) is 21.6 Å². The zero-order valence-electron chi connectivity index (χ0n) is 16.8. The second kappa shape index (κ2) is 8.81.